The molecule has 0 unspecified atom stereocenters. The number of hydrogen-bond donors (Lipinski definition) is 1. The zero-order valence-electron chi connectivity index (χ0n) is 19.4. The molecule has 1 aliphatic heterocycles. The van der Waals surface area contributed by atoms with Crippen molar-refractivity contribution in [1.29, 1.82) is 0 Å². The van der Waals surface area contributed by atoms with Gasteiger partial charge in [-0.3, -0.25) is 14.5 Å². The molecule has 0 bridgehead atoms. The highest BCUT2D eigenvalue weighted by Crippen LogP contribution is 2.26. The molecule has 2 aliphatic rings. The molecule has 4 rings (SSSR count). The summed E-state index contributed by atoms with van der Waals surface area (Å²) in [5.41, 5.74) is 2.51. The average Bonchev–Trinajstić information content (AvgIpc) is 2.86. The topological polar surface area (TPSA) is 52.7 Å². The monoisotopic (exact) mass is 451 g/mol. The van der Waals surface area contributed by atoms with Crippen LogP contribution in [-0.4, -0.2) is 47.8 Å². The first-order chi connectivity index (χ1) is 16.0. The minimum atomic E-state index is -0.354. The van der Waals surface area contributed by atoms with Crippen LogP contribution in [0.5, 0.6) is 0 Å². The van der Waals surface area contributed by atoms with E-state index in [0.717, 1.165) is 17.8 Å². The normalized spacial score (nSPS) is 17.8. The Morgan fingerprint density at radius 1 is 0.970 bits per heavy atom. The van der Waals surface area contributed by atoms with Crippen LogP contribution in [0.4, 0.5) is 10.1 Å². The van der Waals surface area contributed by atoms with Gasteiger partial charge in [-0.2, -0.15) is 0 Å². The molecular formula is C27H34FN3O2. The van der Waals surface area contributed by atoms with Crippen LogP contribution in [0.15, 0.2) is 48.5 Å². The van der Waals surface area contributed by atoms with Crippen LogP contribution in [0, 0.1) is 11.7 Å². The van der Waals surface area contributed by atoms with E-state index >= 15 is 0 Å². The van der Waals surface area contributed by atoms with E-state index in [1.807, 2.05) is 18.2 Å². The van der Waals surface area contributed by atoms with Gasteiger partial charge in [0, 0.05) is 42.8 Å². The van der Waals surface area contributed by atoms with Gasteiger partial charge in [0.25, 0.3) is 5.91 Å². The average molecular weight is 452 g/mol. The van der Waals surface area contributed by atoms with Gasteiger partial charge in [0.2, 0.25) is 5.91 Å². The van der Waals surface area contributed by atoms with Gasteiger partial charge in [0.1, 0.15) is 5.82 Å². The zero-order chi connectivity index (χ0) is 23.2. The Morgan fingerprint density at radius 2 is 1.64 bits per heavy atom. The molecule has 6 heteroatoms. The summed E-state index contributed by atoms with van der Waals surface area (Å²) in [5, 5.41) is 3.16. The van der Waals surface area contributed by atoms with E-state index in [9.17, 15) is 14.0 Å². The number of para-hydroxylation sites is 1. The lowest BCUT2D eigenvalue weighted by atomic mass is 9.94. The Morgan fingerprint density at radius 3 is 2.33 bits per heavy atom. The number of benzene rings is 2. The lowest BCUT2D eigenvalue weighted by molar-refractivity contribution is -0.121. The molecule has 1 heterocycles. The number of nitrogens with one attached hydrogen (secondary N) is 1. The minimum absolute atomic E-state index is 0.0247. The van der Waals surface area contributed by atoms with Crippen molar-refractivity contribution in [3.05, 3.63) is 65.5 Å². The van der Waals surface area contributed by atoms with E-state index in [4.69, 9.17) is 0 Å². The van der Waals surface area contributed by atoms with Gasteiger partial charge in [-0.15, -0.1) is 0 Å². The van der Waals surface area contributed by atoms with E-state index in [1.54, 1.807) is 4.90 Å². The van der Waals surface area contributed by atoms with Crippen molar-refractivity contribution in [2.45, 2.75) is 57.5 Å². The Hall–Kier alpha value is -2.73. The predicted octanol–water partition coefficient (Wildman–Crippen LogP) is 5.08. The maximum Gasteiger partial charge on any atom is 0.253 e. The lowest BCUT2D eigenvalue weighted by Gasteiger charge is -2.32. The summed E-state index contributed by atoms with van der Waals surface area (Å²) in [6, 6.07) is 14.3. The minimum Gasteiger partial charge on any atom is -0.339 e. The fourth-order valence-electron chi connectivity index (χ4n) is 5.05. The summed E-state index contributed by atoms with van der Waals surface area (Å²) in [6.07, 6.45) is 7.70. The highest BCUT2D eigenvalue weighted by molar-refractivity contribution is 5.95. The molecule has 33 heavy (non-hydrogen) atoms. The van der Waals surface area contributed by atoms with Crippen LogP contribution in [0.25, 0.3) is 0 Å². The summed E-state index contributed by atoms with van der Waals surface area (Å²) >= 11 is 0. The van der Waals surface area contributed by atoms with Crippen molar-refractivity contribution in [2.75, 3.05) is 25.5 Å². The molecule has 2 amide bonds. The molecule has 0 spiro atoms. The van der Waals surface area contributed by atoms with Crippen LogP contribution < -0.4 is 5.32 Å². The number of likely N-dealkylation sites (tertiary alicyclic amines) is 1. The molecule has 0 atom stereocenters. The fourth-order valence-corrected chi connectivity index (χ4v) is 5.05. The maximum atomic E-state index is 13.1. The highest BCUT2D eigenvalue weighted by Gasteiger charge is 2.28. The first-order valence-electron chi connectivity index (χ1n) is 12.1. The van der Waals surface area contributed by atoms with Gasteiger partial charge in [0.15, 0.2) is 0 Å². The Kier molecular flexibility index (Phi) is 7.76. The Bertz CT molecular complexity index is 948. The number of halogens is 1. The predicted molar refractivity (Wildman–Crippen MR) is 128 cm³/mol. The van der Waals surface area contributed by atoms with Crippen molar-refractivity contribution >= 4 is 17.5 Å². The third-order valence-electron chi connectivity index (χ3n) is 7.14. The number of amides is 2. The van der Waals surface area contributed by atoms with E-state index in [0.29, 0.717) is 37.5 Å². The Balaban J connectivity index is 1.32. The SMILES string of the molecule is CN(Cc1ccccc1NC(=O)C1CCN(C(=O)c2ccc(F)cc2)CC1)C1CCCCC1. The highest BCUT2D eigenvalue weighted by atomic mass is 19.1. The maximum absolute atomic E-state index is 13.1. The molecule has 5 nitrogen and oxygen atoms in total. The molecule has 1 N–H and O–H groups in total. The van der Waals surface area contributed by atoms with Crippen molar-refractivity contribution < 1.29 is 14.0 Å². The van der Waals surface area contributed by atoms with Gasteiger partial charge in [-0.05, 0) is 68.6 Å². The van der Waals surface area contributed by atoms with Crippen molar-refractivity contribution in [1.82, 2.24) is 9.80 Å². The first kappa shape index (κ1) is 23.4. The van der Waals surface area contributed by atoms with E-state index in [1.165, 1.54) is 56.4 Å². The first-order valence-corrected chi connectivity index (χ1v) is 12.1. The zero-order valence-corrected chi connectivity index (χ0v) is 19.4. The van der Waals surface area contributed by atoms with E-state index < -0.39 is 0 Å². The number of nitrogens with zero attached hydrogens (tertiary/aromatic N) is 2. The summed E-state index contributed by atoms with van der Waals surface area (Å²) in [6.45, 7) is 1.88. The number of carbonyl (C=O) groups is 2. The molecule has 176 valence electrons. The molecule has 2 aromatic rings. The van der Waals surface area contributed by atoms with Gasteiger partial charge >= 0.3 is 0 Å². The molecule has 2 fully saturated rings. The molecule has 2 aromatic carbocycles. The van der Waals surface area contributed by atoms with Crippen molar-refractivity contribution in [3.63, 3.8) is 0 Å². The molecule has 1 saturated heterocycles. The summed E-state index contributed by atoms with van der Waals surface area (Å²) in [4.78, 5) is 29.9. The van der Waals surface area contributed by atoms with Gasteiger partial charge < -0.3 is 10.2 Å². The van der Waals surface area contributed by atoms with Gasteiger partial charge in [-0.1, -0.05) is 37.5 Å². The van der Waals surface area contributed by atoms with Crippen LogP contribution in [0.3, 0.4) is 0 Å². The quantitative estimate of drug-likeness (QED) is 0.666. The van der Waals surface area contributed by atoms with Crippen LogP contribution in [0.2, 0.25) is 0 Å². The second-order valence-corrected chi connectivity index (χ2v) is 9.43. The number of rotatable bonds is 6. The summed E-state index contributed by atoms with van der Waals surface area (Å²) < 4.78 is 13.1. The fraction of sp³-hybridized carbons (Fsp3) is 0.481. The lowest BCUT2D eigenvalue weighted by Crippen LogP contribution is -2.41. The molecule has 1 aliphatic carbocycles. The molecular weight excluding hydrogens is 417 g/mol. The third kappa shape index (κ3) is 5.99. The van der Waals surface area contributed by atoms with Crippen molar-refractivity contribution in [2.24, 2.45) is 5.92 Å². The number of hydrogen-bond acceptors (Lipinski definition) is 3. The van der Waals surface area contributed by atoms with Crippen LogP contribution >= 0.6 is 0 Å². The third-order valence-corrected chi connectivity index (χ3v) is 7.14. The van der Waals surface area contributed by atoms with Crippen LogP contribution in [-0.2, 0) is 11.3 Å². The second kappa shape index (κ2) is 10.9. The van der Waals surface area contributed by atoms with E-state index in [-0.39, 0.29) is 23.5 Å². The van der Waals surface area contributed by atoms with E-state index in [2.05, 4.69) is 23.3 Å². The second-order valence-electron chi connectivity index (χ2n) is 9.43. The number of anilines is 1. The standard InChI is InChI=1S/C27H34FN3O2/c1-30(24-8-3-2-4-9-24)19-22-7-5-6-10-25(22)29-26(32)20-15-17-31(18-16-20)27(33)21-11-13-23(28)14-12-21/h5-7,10-14,20,24H,2-4,8-9,15-19H2,1H3,(H,29,32). The van der Waals surface area contributed by atoms with Crippen LogP contribution in [0.1, 0.15) is 60.9 Å². The molecule has 1 saturated carbocycles. The number of carbonyl (C=O) groups excluding carboxylic acids is 2. The van der Waals surface area contributed by atoms with Crippen molar-refractivity contribution in [3.8, 4) is 0 Å². The van der Waals surface area contributed by atoms with Gasteiger partial charge in [0.05, 0.1) is 0 Å². The van der Waals surface area contributed by atoms with Gasteiger partial charge in [-0.25, -0.2) is 4.39 Å². The largest absolute Gasteiger partial charge is 0.339 e. The summed E-state index contributed by atoms with van der Waals surface area (Å²) in [7, 11) is 2.18. The Labute approximate surface area is 196 Å². The molecule has 0 aromatic heterocycles. The summed E-state index contributed by atoms with van der Waals surface area (Å²) in [5.74, 6) is -0.555. The number of piperidine rings is 1. The molecule has 0 radical (unpaired) electrons. The smallest absolute Gasteiger partial charge is 0.253 e.